The van der Waals surface area contributed by atoms with Crippen LogP contribution in [0.25, 0.3) is 5.69 Å². The molecule has 1 N–H and O–H groups in total. The number of benzene rings is 2. The zero-order valence-corrected chi connectivity index (χ0v) is 18.8. The van der Waals surface area contributed by atoms with Crippen molar-refractivity contribution in [3.63, 3.8) is 0 Å². The molecule has 2 aromatic carbocycles. The highest BCUT2D eigenvalue weighted by Gasteiger charge is 2.27. The number of hydrogen-bond acceptors (Lipinski definition) is 5. The molecule has 30 heavy (non-hydrogen) atoms. The fraction of sp³-hybridized carbons (Fsp3) is 0.261. The second-order valence-corrected chi connectivity index (χ2v) is 9.88. The number of aryl methyl sites for hydroxylation is 2. The van der Waals surface area contributed by atoms with Gasteiger partial charge in [-0.15, -0.1) is 11.8 Å². The van der Waals surface area contributed by atoms with Gasteiger partial charge in [-0.1, -0.05) is 48.5 Å². The van der Waals surface area contributed by atoms with E-state index in [-0.39, 0.29) is 17.2 Å². The number of carbonyl (C=O) groups is 1. The number of anilines is 1. The molecule has 5 nitrogen and oxygen atoms in total. The lowest BCUT2D eigenvalue weighted by molar-refractivity contribution is -0.113. The molecule has 154 valence electrons. The third-order valence-electron chi connectivity index (χ3n) is 4.81. The van der Waals surface area contributed by atoms with E-state index >= 15 is 0 Å². The Morgan fingerprint density at radius 3 is 2.70 bits per heavy atom. The van der Waals surface area contributed by atoms with E-state index in [0.29, 0.717) is 10.4 Å². The molecular weight excluding hydrogens is 414 g/mol. The summed E-state index contributed by atoms with van der Waals surface area (Å²) in [6, 6.07) is 15.5. The normalized spacial score (nSPS) is 15.1. The van der Waals surface area contributed by atoms with Crippen LogP contribution >= 0.6 is 23.5 Å². The van der Waals surface area contributed by atoms with Crippen LogP contribution in [0.4, 0.5) is 5.69 Å². The third-order valence-corrected chi connectivity index (χ3v) is 6.96. The molecule has 0 saturated heterocycles. The van der Waals surface area contributed by atoms with E-state index < -0.39 is 0 Å². The summed E-state index contributed by atoms with van der Waals surface area (Å²) in [4.78, 5) is 31.3. The van der Waals surface area contributed by atoms with Crippen molar-refractivity contribution in [2.24, 2.45) is 0 Å². The zero-order chi connectivity index (χ0) is 21.3. The molecular formula is C23H23N3O2S2. The van der Waals surface area contributed by atoms with Crippen LogP contribution in [0.1, 0.15) is 23.7 Å². The molecule has 0 aliphatic carbocycles. The number of carbonyl (C=O) groups excluding carboxylic acids is 1. The second kappa shape index (κ2) is 8.70. The van der Waals surface area contributed by atoms with Crippen LogP contribution in [-0.4, -0.2) is 26.5 Å². The molecule has 4 rings (SSSR count). The second-order valence-electron chi connectivity index (χ2n) is 7.49. The SMILES string of the molecule is Cc1ccc(-n2c(SCC(=O)Nc3cccc(C)c3)nc3c(c2=O)SC(C)C3)cc1. The van der Waals surface area contributed by atoms with Crippen LogP contribution in [0.15, 0.2) is 63.4 Å². The highest BCUT2D eigenvalue weighted by atomic mass is 32.2. The van der Waals surface area contributed by atoms with E-state index in [1.54, 1.807) is 16.3 Å². The summed E-state index contributed by atoms with van der Waals surface area (Å²) in [6.07, 6.45) is 0.771. The van der Waals surface area contributed by atoms with Gasteiger partial charge in [0.25, 0.3) is 5.56 Å². The molecule has 1 unspecified atom stereocenters. The number of nitrogens with one attached hydrogen (secondary N) is 1. The van der Waals surface area contributed by atoms with Gasteiger partial charge in [0.05, 0.1) is 22.0 Å². The van der Waals surface area contributed by atoms with Gasteiger partial charge in [-0.05, 0) is 43.7 Å². The molecule has 0 radical (unpaired) electrons. The zero-order valence-electron chi connectivity index (χ0n) is 17.1. The van der Waals surface area contributed by atoms with E-state index in [0.717, 1.165) is 39.5 Å². The molecule has 7 heteroatoms. The van der Waals surface area contributed by atoms with Crippen LogP contribution in [0, 0.1) is 13.8 Å². The molecule has 0 saturated carbocycles. The summed E-state index contributed by atoms with van der Waals surface area (Å²) in [6.45, 7) is 6.10. The Bertz CT molecular complexity index is 1160. The van der Waals surface area contributed by atoms with Crippen LogP contribution in [0.3, 0.4) is 0 Å². The fourth-order valence-corrected chi connectivity index (χ4v) is 5.29. The minimum Gasteiger partial charge on any atom is -0.325 e. The number of rotatable bonds is 5. The first-order valence-electron chi connectivity index (χ1n) is 9.79. The first kappa shape index (κ1) is 20.8. The van der Waals surface area contributed by atoms with Gasteiger partial charge in [0.1, 0.15) is 0 Å². The Labute approximate surface area is 184 Å². The van der Waals surface area contributed by atoms with Crippen molar-refractivity contribution in [3.05, 3.63) is 75.7 Å². The molecule has 1 atom stereocenters. The van der Waals surface area contributed by atoms with Gasteiger partial charge >= 0.3 is 0 Å². The van der Waals surface area contributed by atoms with Crippen LogP contribution in [0.2, 0.25) is 0 Å². The number of aromatic nitrogens is 2. The first-order chi connectivity index (χ1) is 14.4. The van der Waals surface area contributed by atoms with Crippen molar-refractivity contribution in [2.75, 3.05) is 11.1 Å². The van der Waals surface area contributed by atoms with Crippen molar-refractivity contribution in [1.82, 2.24) is 9.55 Å². The Morgan fingerprint density at radius 2 is 1.97 bits per heavy atom. The monoisotopic (exact) mass is 437 g/mol. The number of nitrogens with zero attached hydrogens (tertiary/aromatic N) is 2. The summed E-state index contributed by atoms with van der Waals surface area (Å²) in [5.74, 6) is 0.0480. The van der Waals surface area contributed by atoms with Gasteiger partial charge in [0, 0.05) is 17.4 Å². The van der Waals surface area contributed by atoms with E-state index in [1.165, 1.54) is 11.8 Å². The molecule has 3 aromatic rings. The quantitative estimate of drug-likeness (QED) is 0.466. The molecule has 2 heterocycles. The Kier molecular flexibility index (Phi) is 6.01. The lowest BCUT2D eigenvalue weighted by atomic mass is 10.2. The van der Waals surface area contributed by atoms with E-state index in [4.69, 9.17) is 4.98 Å². The molecule has 0 fully saturated rings. The van der Waals surface area contributed by atoms with Crippen LogP contribution in [-0.2, 0) is 11.2 Å². The van der Waals surface area contributed by atoms with Crippen LogP contribution < -0.4 is 10.9 Å². The fourth-order valence-electron chi connectivity index (χ4n) is 3.37. The van der Waals surface area contributed by atoms with Gasteiger partial charge in [-0.25, -0.2) is 4.98 Å². The molecule has 1 aliphatic heterocycles. The minimum atomic E-state index is -0.126. The summed E-state index contributed by atoms with van der Waals surface area (Å²) in [5.41, 5.74) is 4.52. The van der Waals surface area contributed by atoms with Gasteiger partial charge in [-0.2, -0.15) is 0 Å². The largest absolute Gasteiger partial charge is 0.325 e. The molecule has 1 aromatic heterocycles. The van der Waals surface area contributed by atoms with E-state index in [1.807, 2.05) is 62.4 Å². The first-order valence-corrected chi connectivity index (χ1v) is 11.7. The predicted octanol–water partition coefficient (Wildman–Crippen LogP) is 4.62. The topological polar surface area (TPSA) is 64.0 Å². The van der Waals surface area contributed by atoms with Crippen molar-refractivity contribution in [2.45, 2.75) is 42.5 Å². The average molecular weight is 438 g/mol. The van der Waals surface area contributed by atoms with Crippen LogP contribution in [0.5, 0.6) is 0 Å². The molecule has 0 bridgehead atoms. The highest BCUT2D eigenvalue weighted by Crippen LogP contribution is 2.34. The van der Waals surface area contributed by atoms with Crippen molar-refractivity contribution >= 4 is 35.1 Å². The van der Waals surface area contributed by atoms with Gasteiger partial charge in [0.15, 0.2) is 5.16 Å². The Balaban J connectivity index is 1.62. The number of hydrogen-bond donors (Lipinski definition) is 1. The maximum atomic E-state index is 13.3. The highest BCUT2D eigenvalue weighted by molar-refractivity contribution is 8.00. The van der Waals surface area contributed by atoms with Gasteiger partial charge in [-0.3, -0.25) is 14.2 Å². The van der Waals surface area contributed by atoms with Gasteiger partial charge in [0.2, 0.25) is 5.91 Å². The number of thioether (sulfide) groups is 2. The van der Waals surface area contributed by atoms with Gasteiger partial charge < -0.3 is 5.32 Å². The Hall–Kier alpha value is -2.51. The van der Waals surface area contributed by atoms with Crippen molar-refractivity contribution in [1.29, 1.82) is 0 Å². The standard InChI is InChI=1S/C23H23N3O2S2/c1-14-7-9-18(10-8-14)26-22(28)21-19(12-16(3)30-21)25-23(26)29-13-20(27)24-17-6-4-5-15(2)11-17/h4-11,16H,12-13H2,1-3H3,(H,24,27). The molecule has 1 aliphatic rings. The van der Waals surface area contributed by atoms with E-state index in [2.05, 4.69) is 12.2 Å². The predicted molar refractivity (Wildman–Crippen MR) is 124 cm³/mol. The molecule has 0 spiro atoms. The third kappa shape index (κ3) is 4.47. The minimum absolute atomic E-state index is 0.0557. The lowest BCUT2D eigenvalue weighted by Gasteiger charge is -2.14. The number of amides is 1. The summed E-state index contributed by atoms with van der Waals surface area (Å²) >= 11 is 2.87. The smallest absolute Gasteiger partial charge is 0.272 e. The average Bonchev–Trinajstić information content (AvgIpc) is 3.08. The Morgan fingerprint density at radius 1 is 1.20 bits per heavy atom. The summed E-state index contributed by atoms with van der Waals surface area (Å²) < 4.78 is 1.63. The maximum absolute atomic E-state index is 13.3. The summed E-state index contributed by atoms with van der Waals surface area (Å²) in [5, 5.41) is 3.80. The summed E-state index contributed by atoms with van der Waals surface area (Å²) in [7, 11) is 0. The van der Waals surface area contributed by atoms with E-state index in [9.17, 15) is 9.59 Å². The van der Waals surface area contributed by atoms with Crippen molar-refractivity contribution < 1.29 is 4.79 Å². The van der Waals surface area contributed by atoms with Crippen molar-refractivity contribution in [3.8, 4) is 5.69 Å². The maximum Gasteiger partial charge on any atom is 0.272 e. The number of fused-ring (bicyclic) bond motifs is 1. The molecule has 1 amide bonds. The lowest BCUT2D eigenvalue weighted by Crippen LogP contribution is -2.24.